The molecule has 0 saturated heterocycles. The van der Waals surface area contributed by atoms with Crippen molar-refractivity contribution in [1.29, 1.82) is 0 Å². The van der Waals surface area contributed by atoms with Crippen LogP contribution >= 0.6 is 0 Å². The molecule has 9 nitrogen and oxygen atoms in total. The van der Waals surface area contributed by atoms with Crippen molar-refractivity contribution in [2.45, 2.75) is 90.9 Å². The van der Waals surface area contributed by atoms with Gasteiger partial charge in [0.15, 0.2) is 11.5 Å². The molecule has 9 heteroatoms. The van der Waals surface area contributed by atoms with Gasteiger partial charge in [-0.05, 0) is 127 Å². The Balaban J connectivity index is 1.07. The zero-order valence-electron chi connectivity index (χ0n) is 35.3. The van der Waals surface area contributed by atoms with E-state index in [9.17, 15) is 9.59 Å². The van der Waals surface area contributed by atoms with Crippen LogP contribution < -0.4 is 23.7 Å². The van der Waals surface area contributed by atoms with Crippen LogP contribution in [0.2, 0.25) is 0 Å². The number of rotatable bonds is 25. The van der Waals surface area contributed by atoms with Gasteiger partial charge in [0.2, 0.25) is 0 Å². The maximum absolute atomic E-state index is 13.1. The summed E-state index contributed by atoms with van der Waals surface area (Å²) in [5.74, 6) is 1.66. The van der Waals surface area contributed by atoms with E-state index in [-0.39, 0.29) is 5.75 Å². The molecule has 0 aliphatic carbocycles. The third kappa shape index (κ3) is 15.5. The van der Waals surface area contributed by atoms with Crippen molar-refractivity contribution < 1.29 is 33.3 Å². The van der Waals surface area contributed by atoms with Crippen molar-refractivity contribution in [3.8, 4) is 28.7 Å². The second-order valence-electron chi connectivity index (χ2n) is 14.6. The van der Waals surface area contributed by atoms with Gasteiger partial charge in [-0.3, -0.25) is 9.98 Å². The van der Waals surface area contributed by atoms with E-state index in [1.807, 2.05) is 42.5 Å². The number of aliphatic imine (C=N–C) groups is 2. The van der Waals surface area contributed by atoms with Crippen LogP contribution in [0.1, 0.15) is 123 Å². The fraction of sp³-hybridized carbons (Fsp3) is 0.333. The van der Waals surface area contributed by atoms with Crippen LogP contribution in [0.3, 0.4) is 0 Å². The number of benzene rings is 5. The number of methoxy groups -OCH3 is 1. The van der Waals surface area contributed by atoms with Crippen molar-refractivity contribution in [3.63, 3.8) is 0 Å². The summed E-state index contributed by atoms with van der Waals surface area (Å²) in [6.45, 7) is 5.83. The fourth-order valence-electron chi connectivity index (χ4n) is 6.24. The van der Waals surface area contributed by atoms with Crippen LogP contribution in [0.5, 0.6) is 28.7 Å². The number of unbranched alkanes of at least 4 members (excludes halogenated alkanes) is 10. The molecule has 0 N–H and O–H groups in total. The predicted octanol–water partition coefficient (Wildman–Crippen LogP) is 13.1. The molecule has 5 aromatic rings. The molecule has 0 aliphatic rings. The third-order valence-electron chi connectivity index (χ3n) is 9.77. The average Bonchev–Trinajstić information content (AvgIpc) is 3.28. The Kier molecular flexibility index (Phi) is 18.9. The number of hydrogen-bond acceptors (Lipinski definition) is 9. The van der Waals surface area contributed by atoms with Crippen molar-refractivity contribution in [2.24, 2.45) is 9.98 Å². The second-order valence-corrected chi connectivity index (χ2v) is 14.6. The van der Waals surface area contributed by atoms with E-state index in [1.54, 1.807) is 85.2 Å². The smallest absolute Gasteiger partial charge is 0.343 e. The number of carbonyl (C=O) groups excluding carboxylic acids is 2. The minimum absolute atomic E-state index is 0.260. The maximum atomic E-state index is 13.1. The van der Waals surface area contributed by atoms with E-state index >= 15 is 0 Å². The van der Waals surface area contributed by atoms with Gasteiger partial charge in [0, 0.05) is 12.4 Å². The normalized spacial score (nSPS) is 11.2. The molecule has 0 unspecified atom stereocenters. The molecule has 0 saturated carbocycles. The maximum Gasteiger partial charge on any atom is 0.343 e. The lowest BCUT2D eigenvalue weighted by Crippen LogP contribution is -2.09. The first-order valence-corrected chi connectivity index (χ1v) is 21.3. The van der Waals surface area contributed by atoms with Gasteiger partial charge in [-0.1, -0.05) is 90.2 Å². The topological polar surface area (TPSA) is 105 Å². The summed E-state index contributed by atoms with van der Waals surface area (Å²) in [6, 6.07) is 33.8. The molecule has 0 radical (unpaired) electrons. The number of carbonyl (C=O) groups is 2. The van der Waals surface area contributed by atoms with Crippen LogP contribution in [-0.4, -0.2) is 44.7 Å². The summed E-state index contributed by atoms with van der Waals surface area (Å²) in [6.07, 6.45) is 18.0. The molecule has 314 valence electrons. The monoisotopic (exact) mass is 810 g/mol. The fourth-order valence-corrected chi connectivity index (χ4v) is 6.24. The molecule has 0 aromatic heterocycles. The highest BCUT2D eigenvalue weighted by Crippen LogP contribution is 2.29. The summed E-state index contributed by atoms with van der Waals surface area (Å²) < 4.78 is 28.5. The highest BCUT2D eigenvalue weighted by molar-refractivity contribution is 5.93. The largest absolute Gasteiger partial charge is 0.494 e. The van der Waals surface area contributed by atoms with E-state index < -0.39 is 11.9 Å². The van der Waals surface area contributed by atoms with E-state index in [1.165, 1.54) is 64.9 Å². The molecular weight excluding hydrogens is 753 g/mol. The van der Waals surface area contributed by atoms with Gasteiger partial charge in [0.25, 0.3) is 0 Å². The molecule has 0 atom stereocenters. The highest BCUT2D eigenvalue weighted by Gasteiger charge is 2.14. The van der Waals surface area contributed by atoms with E-state index in [0.717, 1.165) is 48.6 Å². The lowest BCUT2D eigenvalue weighted by Gasteiger charge is -2.10. The summed E-state index contributed by atoms with van der Waals surface area (Å²) in [5, 5.41) is 0. The van der Waals surface area contributed by atoms with Crippen molar-refractivity contribution >= 4 is 35.7 Å². The van der Waals surface area contributed by atoms with Crippen LogP contribution in [-0.2, 0) is 0 Å². The molecule has 0 bridgehead atoms. The first kappa shape index (κ1) is 44.9. The van der Waals surface area contributed by atoms with Gasteiger partial charge in [0.05, 0.1) is 42.8 Å². The van der Waals surface area contributed by atoms with Crippen molar-refractivity contribution in [2.75, 3.05) is 20.3 Å². The average molecular weight is 811 g/mol. The summed E-state index contributed by atoms with van der Waals surface area (Å²) >= 11 is 0. The molecule has 0 spiro atoms. The van der Waals surface area contributed by atoms with Crippen LogP contribution in [0.4, 0.5) is 11.4 Å². The number of hydrogen-bond donors (Lipinski definition) is 0. The molecular formula is C51H58N2O7. The summed E-state index contributed by atoms with van der Waals surface area (Å²) in [5.41, 5.74) is 3.80. The number of esters is 2. The number of nitrogens with zero attached hydrogens (tertiary/aromatic N) is 2. The first-order chi connectivity index (χ1) is 29.4. The van der Waals surface area contributed by atoms with E-state index in [4.69, 9.17) is 23.7 Å². The third-order valence-corrected chi connectivity index (χ3v) is 9.77. The highest BCUT2D eigenvalue weighted by atomic mass is 16.6. The second kappa shape index (κ2) is 25.3. The predicted molar refractivity (Wildman–Crippen MR) is 241 cm³/mol. The van der Waals surface area contributed by atoms with Gasteiger partial charge in [-0.25, -0.2) is 9.59 Å². The molecule has 0 aliphatic heterocycles. The van der Waals surface area contributed by atoms with E-state index in [0.29, 0.717) is 40.5 Å². The molecule has 5 aromatic carbocycles. The standard InChI is InChI=1S/C51H58N2O7/c1-4-6-8-10-12-14-34-57-45-27-21-42(22-28-45)50(54)59-47-31-25-44(26-32-47)53-38-40-18-33-48(56-3)49(36-40)60-51(55)41-19-16-39(17-20-41)37-52-43-23-29-46(30-24-43)58-35-15-13-11-9-7-5-2/h16-33,36-38H,4-15,34-35H2,1-3H3. The molecule has 0 amide bonds. The minimum Gasteiger partial charge on any atom is -0.494 e. The SMILES string of the molecule is CCCCCCCCOc1ccc(N=Cc2ccc(C(=O)Oc3cc(C=Nc4ccc(OC(=O)c5ccc(OCCCCCCCC)cc5)cc4)ccc3OC)cc2)cc1. The Bertz CT molecular complexity index is 2090. The lowest BCUT2D eigenvalue weighted by molar-refractivity contribution is 0.0722. The number of ether oxygens (including phenoxy) is 5. The van der Waals surface area contributed by atoms with Crippen LogP contribution in [0.15, 0.2) is 125 Å². The van der Waals surface area contributed by atoms with Gasteiger partial charge < -0.3 is 23.7 Å². The quantitative estimate of drug-likeness (QED) is 0.0250. The molecule has 5 rings (SSSR count). The van der Waals surface area contributed by atoms with E-state index in [2.05, 4.69) is 23.8 Å². The molecule has 0 fully saturated rings. The Hall–Kier alpha value is -6.22. The van der Waals surface area contributed by atoms with Gasteiger partial charge in [-0.2, -0.15) is 0 Å². The van der Waals surface area contributed by atoms with Gasteiger partial charge in [-0.15, -0.1) is 0 Å². The minimum atomic E-state index is -0.527. The zero-order chi connectivity index (χ0) is 42.2. The Labute approximate surface area is 355 Å². The van der Waals surface area contributed by atoms with Crippen molar-refractivity contribution in [1.82, 2.24) is 0 Å². The summed E-state index contributed by atoms with van der Waals surface area (Å²) in [4.78, 5) is 35.0. The summed E-state index contributed by atoms with van der Waals surface area (Å²) in [7, 11) is 1.52. The Morgan fingerprint density at radius 3 is 1.43 bits per heavy atom. The lowest BCUT2D eigenvalue weighted by atomic mass is 10.1. The first-order valence-electron chi connectivity index (χ1n) is 21.3. The zero-order valence-corrected chi connectivity index (χ0v) is 35.3. The van der Waals surface area contributed by atoms with Crippen molar-refractivity contribution in [3.05, 3.63) is 138 Å². The Morgan fingerprint density at radius 2 is 0.900 bits per heavy atom. The molecule has 60 heavy (non-hydrogen) atoms. The van der Waals surface area contributed by atoms with Crippen LogP contribution in [0.25, 0.3) is 0 Å². The van der Waals surface area contributed by atoms with Gasteiger partial charge >= 0.3 is 11.9 Å². The Morgan fingerprint density at radius 1 is 0.467 bits per heavy atom. The van der Waals surface area contributed by atoms with Gasteiger partial charge in [0.1, 0.15) is 17.2 Å². The van der Waals surface area contributed by atoms with Crippen LogP contribution in [0, 0.1) is 0 Å². The molecule has 0 heterocycles.